The van der Waals surface area contributed by atoms with Gasteiger partial charge in [-0.3, -0.25) is 9.78 Å². The van der Waals surface area contributed by atoms with Crippen molar-refractivity contribution in [3.63, 3.8) is 0 Å². The summed E-state index contributed by atoms with van der Waals surface area (Å²) in [5.74, 6) is 0.490. The van der Waals surface area contributed by atoms with Crippen molar-refractivity contribution >= 4 is 17.8 Å². The summed E-state index contributed by atoms with van der Waals surface area (Å²) < 4.78 is 5.10. The first-order chi connectivity index (χ1) is 9.76. The van der Waals surface area contributed by atoms with E-state index in [0.717, 1.165) is 5.75 Å². The molecule has 1 aromatic carbocycles. The van der Waals surface area contributed by atoms with Gasteiger partial charge < -0.3 is 4.74 Å². The van der Waals surface area contributed by atoms with Gasteiger partial charge in [-0.1, -0.05) is 0 Å². The summed E-state index contributed by atoms with van der Waals surface area (Å²) in [5, 5.41) is 5.45. The Hall–Kier alpha value is -2.69. The molecule has 1 amide bonds. The fraction of sp³-hybridized carbons (Fsp3) is 0.133. The van der Waals surface area contributed by atoms with Crippen molar-refractivity contribution in [2.75, 3.05) is 12.1 Å². The average molecular weight is 269 g/mol. The molecule has 2 aromatic rings. The molecule has 0 atom stereocenters. The molecule has 1 aromatic heterocycles. The van der Waals surface area contributed by atoms with Crippen LogP contribution in [0, 0.1) is 0 Å². The molecule has 20 heavy (non-hydrogen) atoms. The summed E-state index contributed by atoms with van der Waals surface area (Å²) in [6.45, 7) is 1.76. The van der Waals surface area contributed by atoms with E-state index in [1.165, 1.54) is 11.2 Å². The molecule has 0 radical (unpaired) electrons. The first kappa shape index (κ1) is 13.7. The number of hydrogen-bond donors (Lipinski definition) is 0. The fourth-order valence-electron chi connectivity index (χ4n) is 1.69. The summed E-state index contributed by atoms with van der Waals surface area (Å²) in [4.78, 5) is 16.4. The number of ether oxygens (including phenoxy) is 1. The van der Waals surface area contributed by atoms with E-state index in [9.17, 15) is 4.79 Å². The summed E-state index contributed by atoms with van der Waals surface area (Å²) in [6.07, 6.45) is 4.71. The summed E-state index contributed by atoms with van der Waals surface area (Å²) in [5.41, 5.74) is 1.15. The van der Waals surface area contributed by atoms with E-state index in [1.54, 1.807) is 62.8 Å². The van der Waals surface area contributed by atoms with Crippen LogP contribution >= 0.6 is 0 Å². The number of benzene rings is 1. The lowest BCUT2D eigenvalue weighted by molar-refractivity contribution is 0.0987. The van der Waals surface area contributed by atoms with Crippen LogP contribution in [0.1, 0.15) is 17.3 Å². The number of hydrogen-bond acceptors (Lipinski definition) is 4. The maximum atomic E-state index is 12.4. The van der Waals surface area contributed by atoms with E-state index in [1.807, 2.05) is 0 Å². The van der Waals surface area contributed by atoms with E-state index in [2.05, 4.69) is 10.1 Å². The van der Waals surface area contributed by atoms with Gasteiger partial charge >= 0.3 is 0 Å². The van der Waals surface area contributed by atoms with Crippen LogP contribution in [0.15, 0.2) is 53.9 Å². The Labute approximate surface area is 117 Å². The molecule has 0 saturated heterocycles. The van der Waals surface area contributed by atoms with Gasteiger partial charge in [-0.15, -0.1) is 0 Å². The number of carbonyl (C=O) groups is 1. The number of amides is 1. The van der Waals surface area contributed by atoms with E-state index in [-0.39, 0.29) is 5.91 Å². The topological polar surface area (TPSA) is 54.8 Å². The molecule has 0 unspecified atom stereocenters. The molecule has 0 bridgehead atoms. The summed E-state index contributed by atoms with van der Waals surface area (Å²) in [7, 11) is 1.60. The minimum atomic E-state index is -0.235. The maximum absolute atomic E-state index is 12.4. The van der Waals surface area contributed by atoms with Crippen molar-refractivity contribution in [2.45, 2.75) is 6.92 Å². The molecule has 0 spiro atoms. The van der Waals surface area contributed by atoms with Gasteiger partial charge in [0.2, 0.25) is 0 Å². The standard InChI is InChI=1S/C15H15N3O2/c1-3-17-18(13-6-8-14(20-2)9-7-13)15(19)12-5-4-10-16-11-12/h3-11H,1-2H3. The lowest BCUT2D eigenvalue weighted by atomic mass is 10.2. The predicted octanol–water partition coefficient (Wildman–Crippen LogP) is 2.74. The van der Waals surface area contributed by atoms with Crippen molar-refractivity contribution < 1.29 is 9.53 Å². The number of hydrazone groups is 1. The Morgan fingerprint density at radius 2 is 2.05 bits per heavy atom. The number of carbonyl (C=O) groups excluding carboxylic acids is 1. The Morgan fingerprint density at radius 1 is 1.30 bits per heavy atom. The highest BCUT2D eigenvalue weighted by Gasteiger charge is 2.16. The van der Waals surface area contributed by atoms with Crippen LogP contribution in [0.5, 0.6) is 5.75 Å². The van der Waals surface area contributed by atoms with Gasteiger partial charge in [0.15, 0.2) is 0 Å². The second kappa shape index (κ2) is 6.47. The molecule has 5 nitrogen and oxygen atoms in total. The predicted molar refractivity (Wildman–Crippen MR) is 78.2 cm³/mol. The molecular weight excluding hydrogens is 254 g/mol. The third-order valence-electron chi connectivity index (χ3n) is 2.65. The van der Waals surface area contributed by atoms with Gasteiger partial charge in [-0.2, -0.15) is 10.1 Å². The van der Waals surface area contributed by atoms with Gasteiger partial charge in [0.25, 0.3) is 5.91 Å². The molecule has 102 valence electrons. The second-order valence-electron chi connectivity index (χ2n) is 3.93. The first-order valence-electron chi connectivity index (χ1n) is 6.13. The minimum absolute atomic E-state index is 0.235. The number of nitrogens with zero attached hydrogens (tertiary/aromatic N) is 3. The van der Waals surface area contributed by atoms with E-state index >= 15 is 0 Å². The number of aromatic nitrogens is 1. The monoisotopic (exact) mass is 269 g/mol. The quantitative estimate of drug-likeness (QED) is 0.633. The van der Waals surface area contributed by atoms with Gasteiger partial charge in [-0.05, 0) is 43.3 Å². The number of pyridine rings is 1. The van der Waals surface area contributed by atoms with Crippen LogP contribution in [0.25, 0.3) is 0 Å². The van der Waals surface area contributed by atoms with Crippen molar-refractivity contribution in [1.29, 1.82) is 0 Å². The third kappa shape index (κ3) is 3.00. The SMILES string of the molecule is CC=NN(C(=O)c1cccnc1)c1ccc(OC)cc1. The van der Waals surface area contributed by atoms with Gasteiger partial charge in [0.1, 0.15) is 5.75 Å². The van der Waals surface area contributed by atoms with Crippen LogP contribution in [-0.2, 0) is 0 Å². The largest absolute Gasteiger partial charge is 0.497 e. The van der Waals surface area contributed by atoms with Crippen molar-refractivity contribution in [2.24, 2.45) is 5.10 Å². The van der Waals surface area contributed by atoms with Gasteiger partial charge in [0, 0.05) is 18.6 Å². The molecule has 0 aliphatic heterocycles. The zero-order chi connectivity index (χ0) is 14.4. The lowest BCUT2D eigenvalue weighted by Gasteiger charge is -2.17. The van der Waals surface area contributed by atoms with E-state index < -0.39 is 0 Å². The second-order valence-corrected chi connectivity index (χ2v) is 3.93. The van der Waals surface area contributed by atoms with Gasteiger partial charge in [-0.25, -0.2) is 0 Å². The highest BCUT2D eigenvalue weighted by atomic mass is 16.5. The minimum Gasteiger partial charge on any atom is -0.497 e. The molecule has 0 N–H and O–H groups in total. The molecule has 0 saturated carbocycles. The number of anilines is 1. The lowest BCUT2D eigenvalue weighted by Crippen LogP contribution is -2.25. The normalized spacial score (nSPS) is 10.5. The Bertz CT molecular complexity index is 594. The molecule has 1 heterocycles. The van der Waals surface area contributed by atoms with E-state index in [4.69, 9.17) is 4.74 Å². The molecular formula is C15H15N3O2. The van der Waals surface area contributed by atoms with Crippen molar-refractivity contribution in [1.82, 2.24) is 4.98 Å². The smallest absolute Gasteiger partial charge is 0.280 e. The molecule has 0 fully saturated rings. The first-order valence-corrected chi connectivity index (χ1v) is 6.13. The zero-order valence-corrected chi connectivity index (χ0v) is 11.4. The van der Waals surface area contributed by atoms with Crippen LogP contribution in [0.3, 0.4) is 0 Å². The van der Waals surface area contributed by atoms with Crippen molar-refractivity contribution in [3.05, 3.63) is 54.4 Å². The van der Waals surface area contributed by atoms with Crippen LogP contribution in [0.2, 0.25) is 0 Å². The zero-order valence-electron chi connectivity index (χ0n) is 11.4. The van der Waals surface area contributed by atoms with Crippen molar-refractivity contribution in [3.8, 4) is 5.75 Å². The Balaban J connectivity index is 2.33. The van der Waals surface area contributed by atoms with Gasteiger partial charge in [0.05, 0.1) is 18.4 Å². The van der Waals surface area contributed by atoms with Crippen LogP contribution < -0.4 is 9.75 Å². The molecule has 2 rings (SSSR count). The molecule has 0 aliphatic rings. The van der Waals surface area contributed by atoms with E-state index in [0.29, 0.717) is 11.3 Å². The number of methoxy groups -OCH3 is 1. The highest BCUT2D eigenvalue weighted by molar-refractivity contribution is 6.05. The van der Waals surface area contributed by atoms with Crippen LogP contribution in [0.4, 0.5) is 5.69 Å². The Kier molecular flexibility index (Phi) is 4.44. The van der Waals surface area contributed by atoms with Crippen LogP contribution in [-0.4, -0.2) is 24.2 Å². The maximum Gasteiger partial charge on any atom is 0.280 e. The fourth-order valence-corrected chi connectivity index (χ4v) is 1.69. The number of rotatable bonds is 4. The molecule has 5 heteroatoms. The highest BCUT2D eigenvalue weighted by Crippen LogP contribution is 2.21. The summed E-state index contributed by atoms with van der Waals surface area (Å²) in [6, 6.07) is 10.5. The third-order valence-corrected chi connectivity index (χ3v) is 2.65. The Morgan fingerprint density at radius 3 is 2.60 bits per heavy atom. The molecule has 0 aliphatic carbocycles. The average Bonchev–Trinajstić information content (AvgIpc) is 2.53. The summed E-state index contributed by atoms with van der Waals surface area (Å²) >= 11 is 0.